The van der Waals surface area contributed by atoms with Crippen molar-refractivity contribution in [2.45, 2.75) is 46.1 Å². The van der Waals surface area contributed by atoms with Gasteiger partial charge in [0, 0.05) is 13.0 Å². The topological polar surface area (TPSA) is 29.5 Å². The maximum Gasteiger partial charge on any atom is 0.122 e. The molecule has 0 saturated carbocycles. The highest BCUT2D eigenvalue weighted by atomic mass is 16.5. The van der Waals surface area contributed by atoms with E-state index in [4.69, 9.17) is 4.74 Å². The van der Waals surface area contributed by atoms with E-state index in [0.29, 0.717) is 12.4 Å². The van der Waals surface area contributed by atoms with E-state index in [1.165, 1.54) is 11.1 Å². The maximum absolute atomic E-state index is 9.72. The van der Waals surface area contributed by atoms with Gasteiger partial charge >= 0.3 is 0 Å². The lowest BCUT2D eigenvalue weighted by molar-refractivity contribution is 0.0564. The number of rotatable bonds is 4. The van der Waals surface area contributed by atoms with Crippen molar-refractivity contribution in [2.75, 3.05) is 6.61 Å². The number of allylic oxidation sites excluding steroid dienone is 2. The molecular weight excluding hydrogens is 176 g/mol. The second kappa shape index (κ2) is 5.20. The highest BCUT2D eigenvalue weighted by molar-refractivity contribution is 5.32. The van der Waals surface area contributed by atoms with Crippen molar-refractivity contribution < 1.29 is 9.84 Å². The Morgan fingerprint density at radius 3 is 2.79 bits per heavy atom. The Balaban J connectivity index is 2.71. The lowest BCUT2D eigenvalue weighted by atomic mass is 9.93. The Bertz CT molecular complexity index is 251. The van der Waals surface area contributed by atoms with E-state index in [2.05, 4.69) is 13.8 Å². The largest absolute Gasteiger partial charge is 0.510 e. The van der Waals surface area contributed by atoms with E-state index >= 15 is 0 Å². The first-order valence-corrected chi connectivity index (χ1v) is 5.39. The molecule has 0 radical (unpaired) electrons. The highest BCUT2D eigenvalue weighted by Crippen LogP contribution is 2.27. The van der Waals surface area contributed by atoms with Gasteiger partial charge in [-0.1, -0.05) is 18.9 Å². The van der Waals surface area contributed by atoms with Crippen molar-refractivity contribution in [1.29, 1.82) is 0 Å². The molecule has 0 saturated heterocycles. The molecular formula is C12H20O2. The van der Waals surface area contributed by atoms with Crippen LogP contribution in [-0.4, -0.2) is 17.8 Å². The molecule has 14 heavy (non-hydrogen) atoms. The van der Waals surface area contributed by atoms with Gasteiger partial charge in [-0.2, -0.15) is 0 Å². The Morgan fingerprint density at radius 2 is 2.21 bits per heavy atom. The molecule has 2 nitrogen and oxygen atoms in total. The minimum absolute atomic E-state index is 0.111. The van der Waals surface area contributed by atoms with Gasteiger partial charge in [-0.15, -0.1) is 0 Å². The van der Waals surface area contributed by atoms with Crippen LogP contribution >= 0.6 is 0 Å². The summed E-state index contributed by atoms with van der Waals surface area (Å²) in [6.45, 7) is 6.88. The summed E-state index contributed by atoms with van der Waals surface area (Å²) in [4.78, 5) is 0. The second-order valence-corrected chi connectivity index (χ2v) is 3.77. The molecule has 0 bridgehead atoms. The summed E-state index contributed by atoms with van der Waals surface area (Å²) < 4.78 is 5.44. The van der Waals surface area contributed by atoms with E-state index in [9.17, 15) is 5.11 Å². The van der Waals surface area contributed by atoms with Gasteiger partial charge in [0.2, 0.25) is 0 Å². The zero-order chi connectivity index (χ0) is 10.6. The molecule has 0 amide bonds. The third-order valence-electron chi connectivity index (χ3n) is 2.58. The molecule has 80 valence electrons. The van der Waals surface area contributed by atoms with Gasteiger partial charge in [-0.25, -0.2) is 0 Å². The second-order valence-electron chi connectivity index (χ2n) is 3.77. The fourth-order valence-corrected chi connectivity index (χ4v) is 1.81. The predicted octanol–water partition coefficient (Wildman–Crippen LogP) is 3.35. The van der Waals surface area contributed by atoms with Crippen LogP contribution in [0, 0.1) is 0 Å². The van der Waals surface area contributed by atoms with Gasteiger partial charge in [0.1, 0.15) is 11.9 Å². The predicted molar refractivity (Wildman–Crippen MR) is 58.4 cm³/mol. The van der Waals surface area contributed by atoms with Crippen LogP contribution in [0.2, 0.25) is 0 Å². The van der Waals surface area contributed by atoms with Crippen molar-refractivity contribution in [3.63, 3.8) is 0 Å². The molecule has 1 N–H and O–H groups in total. The van der Waals surface area contributed by atoms with E-state index in [-0.39, 0.29) is 6.10 Å². The number of aliphatic hydroxyl groups is 1. The number of hydrogen-bond donors (Lipinski definition) is 1. The third-order valence-corrected chi connectivity index (χ3v) is 2.58. The zero-order valence-corrected chi connectivity index (χ0v) is 9.34. The van der Waals surface area contributed by atoms with Crippen LogP contribution in [0.1, 0.15) is 40.0 Å². The summed E-state index contributed by atoms with van der Waals surface area (Å²) >= 11 is 0. The zero-order valence-electron chi connectivity index (χ0n) is 9.34. The molecule has 0 spiro atoms. The van der Waals surface area contributed by atoms with Crippen LogP contribution in [-0.2, 0) is 4.74 Å². The molecule has 2 heteroatoms. The average Bonchev–Trinajstić information content (AvgIpc) is 2.14. The minimum atomic E-state index is -0.111. The van der Waals surface area contributed by atoms with Crippen LogP contribution in [0.15, 0.2) is 23.0 Å². The van der Waals surface area contributed by atoms with Crippen molar-refractivity contribution >= 4 is 0 Å². The quantitative estimate of drug-likeness (QED) is 0.747. The summed E-state index contributed by atoms with van der Waals surface area (Å²) in [6.07, 6.45) is 4.78. The van der Waals surface area contributed by atoms with Gasteiger partial charge in [0.25, 0.3) is 0 Å². The van der Waals surface area contributed by atoms with Gasteiger partial charge in [-0.05, 0) is 31.9 Å². The Morgan fingerprint density at radius 1 is 1.50 bits per heavy atom. The molecule has 0 fully saturated rings. The first-order valence-electron chi connectivity index (χ1n) is 5.39. The van der Waals surface area contributed by atoms with E-state index in [1.54, 1.807) is 0 Å². The van der Waals surface area contributed by atoms with Gasteiger partial charge < -0.3 is 9.84 Å². The molecule has 1 rings (SSSR count). The third kappa shape index (κ3) is 2.61. The van der Waals surface area contributed by atoms with E-state index in [1.807, 2.05) is 13.0 Å². The Kier molecular flexibility index (Phi) is 4.21. The molecule has 1 aliphatic rings. The highest BCUT2D eigenvalue weighted by Gasteiger charge is 2.20. The molecule has 0 heterocycles. The first kappa shape index (κ1) is 11.3. The Labute approximate surface area is 86.3 Å². The summed E-state index contributed by atoms with van der Waals surface area (Å²) in [5, 5.41) is 9.72. The maximum atomic E-state index is 9.72. The fraction of sp³-hybridized carbons (Fsp3) is 0.667. The molecule has 0 aromatic carbocycles. The molecule has 0 aliphatic heterocycles. The molecule has 0 aromatic rings. The number of aliphatic hydroxyl groups excluding tert-OH is 1. The summed E-state index contributed by atoms with van der Waals surface area (Å²) in [5.74, 6) is 0.390. The van der Waals surface area contributed by atoms with Gasteiger partial charge in [-0.3, -0.25) is 0 Å². The van der Waals surface area contributed by atoms with E-state index in [0.717, 1.165) is 19.3 Å². The first-order chi connectivity index (χ1) is 6.69. The lowest BCUT2D eigenvalue weighted by Gasteiger charge is -2.23. The molecule has 1 atom stereocenters. The van der Waals surface area contributed by atoms with Crippen LogP contribution in [0.4, 0.5) is 0 Å². The SMILES string of the molecule is CCCC1=C(C)CC(OCC)C(O)=C1. The summed E-state index contributed by atoms with van der Waals surface area (Å²) in [7, 11) is 0. The molecule has 1 aliphatic carbocycles. The van der Waals surface area contributed by atoms with Crippen molar-refractivity contribution in [3.05, 3.63) is 23.0 Å². The number of hydrogen-bond acceptors (Lipinski definition) is 2. The van der Waals surface area contributed by atoms with Gasteiger partial charge in [0.15, 0.2) is 0 Å². The van der Waals surface area contributed by atoms with Gasteiger partial charge in [0.05, 0.1) is 0 Å². The average molecular weight is 196 g/mol. The summed E-state index contributed by atoms with van der Waals surface area (Å²) in [6, 6.07) is 0. The van der Waals surface area contributed by atoms with Crippen LogP contribution < -0.4 is 0 Å². The van der Waals surface area contributed by atoms with Crippen molar-refractivity contribution in [2.24, 2.45) is 0 Å². The standard InChI is InChI=1S/C12H20O2/c1-4-6-10-8-11(13)12(14-5-2)7-9(10)3/h8,12-13H,4-7H2,1-3H3. The lowest BCUT2D eigenvalue weighted by Crippen LogP contribution is -2.20. The monoisotopic (exact) mass is 196 g/mol. The summed E-state index contributed by atoms with van der Waals surface area (Å²) in [5.41, 5.74) is 2.63. The smallest absolute Gasteiger partial charge is 0.122 e. The Hall–Kier alpha value is -0.760. The van der Waals surface area contributed by atoms with Crippen LogP contribution in [0.25, 0.3) is 0 Å². The normalized spacial score (nSPS) is 22.5. The van der Waals surface area contributed by atoms with Crippen LogP contribution in [0.5, 0.6) is 0 Å². The fourth-order valence-electron chi connectivity index (χ4n) is 1.81. The minimum Gasteiger partial charge on any atom is -0.510 e. The van der Waals surface area contributed by atoms with Crippen molar-refractivity contribution in [3.8, 4) is 0 Å². The molecule has 0 aromatic heterocycles. The van der Waals surface area contributed by atoms with E-state index < -0.39 is 0 Å². The van der Waals surface area contributed by atoms with Crippen molar-refractivity contribution in [1.82, 2.24) is 0 Å². The molecule has 1 unspecified atom stereocenters. The number of ether oxygens (including phenoxy) is 1. The van der Waals surface area contributed by atoms with Crippen LogP contribution in [0.3, 0.4) is 0 Å².